The zero-order chi connectivity index (χ0) is 25.2. The largest absolute Gasteiger partial charge is 0.466 e. The molecule has 3 rings (SSSR count). The van der Waals surface area contributed by atoms with E-state index in [1.807, 2.05) is 0 Å². The van der Waals surface area contributed by atoms with Crippen LogP contribution in [0.5, 0.6) is 0 Å². The highest BCUT2D eigenvalue weighted by atomic mass is 19.4. The van der Waals surface area contributed by atoms with Gasteiger partial charge in [0, 0.05) is 0 Å². The Balaban J connectivity index is 1.95. The number of halogens is 7. The predicted octanol–water partition coefficient (Wildman–Crippen LogP) is 5.70. The lowest BCUT2D eigenvalue weighted by atomic mass is 9.97. The lowest BCUT2D eigenvalue weighted by Gasteiger charge is -2.15. The second-order valence-electron chi connectivity index (χ2n) is 7.19. The van der Waals surface area contributed by atoms with Crippen LogP contribution in [0.25, 0.3) is 10.8 Å². The van der Waals surface area contributed by atoms with Crippen LogP contribution in [-0.2, 0) is 33.3 Å². The third-order valence-electron chi connectivity index (χ3n) is 4.82. The summed E-state index contributed by atoms with van der Waals surface area (Å²) in [6, 6.07) is 9.80. The van der Waals surface area contributed by atoms with Crippen LogP contribution in [0, 0.1) is 23.3 Å². The number of nitrogens with one attached hydrogen (secondary N) is 1. The molecule has 3 aromatic carbocycles. The number of carbonyl (C=O) groups is 2. The number of rotatable bonds is 6. The monoisotopic (exact) mass is 487 g/mol. The molecule has 0 saturated carbocycles. The van der Waals surface area contributed by atoms with Gasteiger partial charge < -0.3 is 10.1 Å². The van der Waals surface area contributed by atoms with Crippen molar-refractivity contribution in [3.63, 3.8) is 0 Å². The molecule has 0 saturated heterocycles. The van der Waals surface area contributed by atoms with E-state index in [-0.39, 0.29) is 13.0 Å². The van der Waals surface area contributed by atoms with Crippen molar-refractivity contribution in [2.24, 2.45) is 0 Å². The van der Waals surface area contributed by atoms with E-state index >= 15 is 0 Å². The van der Waals surface area contributed by atoms with Crippen LogP contribution < -0.4 is 5.32 Å². The molecule has 0 aliphatic carbocycles. The zero-order valence-corrected chi connectivity index (χ0v) is 17.5. The van der Waals surface area contributed by atoms with Crippen molar-refractivity contribution in [3.8, 4) is 0 Å². The Morgan fingerprint density at radius 2 is 1.53 bits per heavy atom. The Bertz CT molecular complexity index is 1240. The number of hydrogen-bond acceptors (Lipinski definition) is 3. The summed E-state index contributed by atoms with van der Waals surface area (Å²) in [6.45, 7) is 1.78. The lowest BCUT2D eigenvalue weighted by molar-refractivity contribution is -0.143. The summed E-state index contributed by atoms with van der Waals surface area (Å²) in [4.78, 5) is 24.3. The molecule has 0 spiro atoms. The number of fused-ring (bicyclic) bond motifs is 1. The Labute approximate surface area is 188 Å². The normalized spacial score (nSPS) is 11.5. The first-order chi connectivity index (χ1) is 15.9. The summed E-state index contributed by atoms with van der Waals surface area (Å²) in [7, 11) is 0. The van der Waals surface area contributed by atoms with Crippen LogP contribution in [0.15, 0.2) is 36.4 Å². The van der Waals surface area contributed by atoms with Gasteiger partial charge in [0.05, 0.1) is 19.4 Å². The smallest absolute Gasteiger partial charge is 0.422 e. The Morgan fingerprint density at radius 1 is 0.912 bits per heavy atom. The van der Waals surface area contributed by atoms with E-state index in [2.05, 4.69) is 0 Å². The average Bonchev–Trinajstić information content (AvgIpc) is 2.74. The Morgan fingerprint density at radius 3 is 2.12 bits per heavy atom. The summed E-state index contributed by atoms with van der Waals surface area (Å²) < 4.78 is 99.0. The van der Waals surface area contributed by atoms with Gasteiger partial charge in [-0.3, -0.25) is 9.59 Å². The van der Waals surface area contributed by atoms with Crippen molar-refractivity contribution < 1.29 is 45.1 Å². The quantitative estimate of drug-likeness (QED) is 0.276. The van der Waals surface area contributed by atoms with Crippen LogP contribution in [0.3, 0.4) is 0 Å². The molecule has 180 valence electrons. The van der Waals surface area contributed by atoms with Gasteiger partial charge in [-0.05, 0) is 28.8 Å². The zero-order valence-electron chi connectivity index (χ0n) is 17.5. The highest BCUT2D eigenvalue weighted by molar-refractivity contribution is 5.97. The molecule has 1 N–H and O–H groups in total. The number of hydrogen-bond donors (Lipinski definition) is 1. The van der Waals surface area contributed by atoms with E-state index in [4.69, 9.17) is 4.74 Å². The molecule has 0 aromatic heterocycles. The molecule has 0 heterocycles. The van der Waals surface area contributed by atoms with Crippen LogP contribution in [0.1, 0.15) is 23.6 Å². The fourth-order valence-electron chi connectivity index (χ4n) is 3.43. The fraction of sp³-hybridized carbons (Fsp3) is 0.217. The average molecular weight is 487 g/mol. The number of ether oxygens (including phenoxy) is 1. The molecule has 0 atom stereocenters. The van der Waals surface area contributed by atoms with Crippen molar-refractivity contribution >= 4 is 28.3 Å². The van der Waals surface area contributed by atoms with E-state index in [9.17, 15) is 40.3 Å². The third kappa shape index (κ3) is 5.13. The molecule has 0 unspecified atom stereocenters. The first-order valence-corrected chi connectivity index (χ1v) is 9.83. The molecule has 0 bridgehead atoms. The minimum atomic E-state index is -5.70. The highest BCUT2D eigenvalue weighted by Crippen LogP contribution is 2.38. The Kier molecular flexibility index (Phi) is 7.13. The summed E-state index contributed by atoms with van der Waals surface area (Å²) in [5.74, 6) is -11.8. The standard InChI is InChI=1S/C23H16F7NO3/c1-2-34-16(33)9-11-7-12-5-3-4-6-14(12)13(8-11)10-15(32)31-22-20(26)18(24)17(23(28,29)30)19(25)21(22)27/h3-8H,2,9-10H2,1H3,(H,31,32). The van der Waals surface area contributed by atoms with Crippen molar-refractivity contribution in [3.05, 3.63) is 76.4 Å². The van der Waals surface area contributed by atoms with Gasteiger partial charge in [0.1, 0.15) is 11.3 Å². The van der Waals surface area contributed by atoms with Crippen LogP contribution in [-0.4, -0.2) is 18.5 Å². The van der Waals surface area contributed by atoms with Gasteiger partial charge in [-0.2, -0.15) is 13.2 Å². The number of anilines is 1. The number of esters is 1. The number of alkyl halides is 3. The van der Waals surface area contributed by atoms with Crippen molar-refractivity contribution in [1.29, 1.82) is 0 Å². The number of amides is 1. The molecule has 1 amide bonds. The van der Waals surface area contributed by atoms with E-state index in [1.54, 1.807) is 42.6 Å². The topological polar surface area (TPSA) is 55.4 Å². The van der Waals surface area contributed by atoms with Gasteiger partial charge in [-0.1, -0.05) is 36.4 Å². The first kappa shape index (κ1) is 25.0. The second kappa shape index (κ2) is 9.70. The molecule has 0 aliphatic rings. The second-order valence-corrected chi connectivity index (χ2v) is 7.19. The summed E-state index contributed by atoms with van der Waals surface area (Å²) in [5.41, 5.74) is -3.66. The van der Waals surface area contributed by atoms with Crippen LogP contribution in [0.4, 0.5) is 36.4 Å². The third-order valence-corrected chi connectivity index (χ3v) is 4.82. The van der Waals surface area contributed by atoms with Crippen molar-refractivity contribution in [2.75, 3.05) is 11.9 Å². The molecule has 4 nitrogen and oxygen atoms in total. The molecule has 0 radical (unpaired) electrons. The SMILES string of the molecule is CCOC(=O)Cc1cc(CC(=O)Nc2c(F)c(F)c(C(F)(F)F)c(F)c2F)c2ccccc2c1. The number of benzene rings is 3. The minimum Gasteiger partial charge on any atom is -0.466 e. The lowest BCUT2D eigenvalue weighted by Crippen LogP contribution is -2.21. The van der Waals surface area contributed by atoms with Gasteiger partial charge in [0.15, 0.2) is 23.3 Å². The fourth-order valence-corrected chi connectivity index (χ4v) is 3.43. The van der Waals surface area contributed by atoms with Crippen molar-refractivity contribution in [1.82, 2.24) is 0 Å². The molecule has 34 heavy (non-hydrogen) atoms. The van der Waals surface area contributed by atoms with Gasteiger partial charge in [0.2, 0.25) is 5.91 Å². The van der Waals surface area contributed by atoms with E-state index < -0.39 is 59.0 Å². The maximum atomic E-state index is 14.1. The Hall–Kier alpha value is -3.63. The summed E-state index contributed by atoms with van der Waals surface area (Å²) >= 11 is 0. The van der Waals surface area contributed by atoms with Gasteiger partial charge in [-0.15, -0.1) is 0 Å². The van der Waals surface area contributed by atoms with Crippen LogP contribution in [0.2, 0.25) is 0 Å². The molecular weight excluding hydrogens is 471 g/mol. The predicted molar refractivity (Wildman–Crippen MR) is 108 cm³/mol. The molecular formula is C23H16F7NO3. The van der Waals surface area contributed by atoms with Gasteiger partial charge in [0.25, 0.3) is 0 Å². The van der Waals surface area contributed by atoms with E-state index in [1.165, 1.54) is 6.07 Å². The van der Waals surface area contributed by atoms with Gasteiger partial charge in [-0.25, -0.2) is 17.6 Å². The molecule has 0 aliphatic heterocycles. The maximum absolute atomic E-state index is 14.1. The maximum Gasteiger partial charge on any atom is 0.422 e. The minimum absolute atomic E-state index is 0.133. The molecule has 11 heteroatoms. The molecule has 3 aromatic rings. The van der Waals surface area contributed by atoms with Crippen molar-refractivity contribution in [2.45, 2.75) is 25.9 Å². The first-order valence-electron chi connectivity index (χ1n) is 9.83. The van der Waals surface area contributed by atoms with Crippen LogP contribution >= 0.6 is 0 Å². The number of carbonyl (C=O) groups excluding carboxylic acids is 2. The van der Waals surface area contributed by atoms with E-state index in [0.717, 1.165) is 0 Å². The highest BCUT2D eigenvalue weighted by Gasteiger charge is 2.42. The van der Waals surface area contributed by atoms with E-state index in [0.29, 0.717) is 21.9 Å². The summed E-state index contributed by atoms with van der Waals surface area (Å²) in [6.07, 6.45) is -6.40. The molecule has 0 fully saturated rings. The van der Waals surface area contributed by atoms with Gasteiger partial charge >= 0.3 is 12.1 Å². The summed E-state index contributed by atoms with van der Waals surface area (Å²) in [5, 5.41) is 2.76.